The van der Waals surface area contributed by atoms with Gasteiger partial charge in [0.15, 0.2) is 0 Å². The van der Waals surface area contributed by atoms with Gasteiger partial charge in [0.05, 0.1) is 57.3 Å². The summed E-state index contributed by atoms with van der Waals surface area (Å²) < 4.78 is 17.9. The van der Waals surface area contributed by atoms with Crippen LogP contribution in [0, 0.1) is 0 Å². The van der Waals surface area contributed by atoms with Gasteiger partial charge >= 0.3 is 11.4 Å². The molecule has 5 aromatic rings. The smallest absolute Gasteiger partial charge is 0.335 e. The highest BCUT2D eigenvalue weighted by Gasteiger charge is 2.32. The molecule has 3 aromatic carbocycles. The molecule has 1 saturated heterocycles. The minimum absolute atomic E-state index is 0.0965. The number of hydrogen-bond donors (Lipinski definition) is 4. The van der Waals surface area contributed by atoms with Gasteiger partial charge in [-0.2, -0.15) is 0 Å². The second-order valence-corrected chi connectivity index (χ2v) is 12.0. The molecule has 0 spiro atoms. The van der Waals surface area contributed by atoms with E-state index >= 15 is 0 Å². The van der Waals surface area contributed by atoms with Crippen LogP contribution in [0.15, 0.2) is 85.9 Å². The van der Waals surface area contributed by atoms with Crippen molar-refractivity contribution in [3.05, 3.63) is 131 Å². The first-order chi connectivity index (χ1) is 24.1. The van der Waals surface area contributed by atoms with Gasteiger partial charge in [-0.05, 0) is 67.1 Å². The van der Waals surface area contributed by atoms with Crippen LogP contribution in [-0.2, 0) is 6.54 Å². The molecular formula is C36H37N5O9. The van der Waals surface area contributed by atoms with Crippen LogP contribution in [0.1, 0.15) is 47.4 Å². The van der Waals surface area contributed by atoms with Crippen molar-refractivity contribution in [1.82, 2.24) is 19.1 Å². The summed E-state index contributed by atoms with van der Waals surface area (Å²) in [6.45, 7) is 2.44. The number of nitrogens with zero attached hydrogens (tertiary/aromatic N) is 2. The molecule has 3 heterocycles. The lowest BCUT2D eigenvalue weighted by atomic mass is 9.85. The van der Waals surface area contributed by atoms with Crippen molar-refractivity contribution in [2.45, 2.75) is 31.7 Å². The fourth-order valence-electron chi connectivity index (χ4n) is 6.65. The van der Waals surface area contributed by atoms with Gasteiger partial charge in [0, 0.05) is 23.3 Å². The highest BCUT2D eigenvalue weighted by molar-refractivity contribution is 5.54. The molecule has 1 aliphatic heterocycles. The van der Waals surface area contributed by atoms with Gasteiger partial charge in [0.1, 0.15) is 23.8 Å². The number of aromatic nitrogens is 4. The first-order valence-electron chi connectivity index (χ1n) is 16.1. The lowest BCUT2D eigenvalue weighted by Crippen LogP contribution is -3.11. The molecule has 1 aliphatic rings. The van der Waals surface area contributed by atoms with E-state index in [2.05, 4.69) is 9.97 Å². The Labute approximate surface area is 285 Å². The van der Waals surface area contributed by atoms with Crippen molar-refractivity contribution in [3.8, 4) is 40.4 Å². The van der Waals surface area contributed by atoms with Crippen molar-refractivity contribution in [2.75, 3.05) is 34.4 Å². The lowest BCUT2D eigenvalue weighted by Gasteiger charge is -2.28. The third kappa shape index (κ3) is 6.40. The Hall–Kier alpha value is -6.02. The Morgan fingerprint density at radius 2 is 1.34 bits per heavy atom. The Morgan fingerprint density at radius 1 is 0.760 bits per heavy atom. The molecule has 0 bridgehead atoms. The van der Waals surface area contributed by atoms with E-state index in [-0.39, 0.29) is 16.9 Å². The van der Waals surface area contributed by atoms with Gasteiger partial charge in [0.25, 0.3) is 11.1 Å². The van der Waals surface area contributed by atoms with Crippen LogP contribution < -0.4 is 46.7 Å². The Kier molecular flexibility index (Phi) is 9.63. The van der Waals surface area contributed by atoms with E-state index in [0.717, 1.165) is 47.0 Å². The maximum Gasteiger partial charge on any atom is 0.335 e. The standard InChI is InChI=1S/C36H37N5O9/c1-48-25-11-7-9-23(18-25)40-33(44)29(31(42)37-35(40)46)28(21-13-14-27(50-3)22(17-21)20-39-15-5-4-6-16-39)30-32(43)38-36(47)41(34(30)45)24-10-8-12-26(19-24)49-2/h7-14,17-19,28,44-45H,4-6,15-16,20H2,1-3H3,(H,37,42,46)(H,38,43,47). The maximum absolute atomic E-state index is 14.4. The molecule has 6 rings (SSSR count). The molecule has 1 atom stereocenters. The monoisotopic (exact) mass is 683 g/mol. The molecule has 0 amide bonds. The van der Waals surface area contributed by atoms with E-state index in [4.69, 9.17) is 14.2 Å². The highest BCUT2D eigenvalue weighted by Crippen LogP contribution is 2.38. The number of nitrogens with one attached hydrogen (secondary N) is 3. The summed E-state index contributed by atoms with van der Waals surface area (Å²) in [5.41, 5.74) is -3.83. The average Bonchev–Trinajstić information content (AvgIpc) is 3.11. The van der Waals surface area contributed by atoms with Gasteiger partial charge < -0.3 is 29.3 Å². The number of rotatable bonds is 10. The summed E-state index contributed by atoms with van der Waals surface area (Å²) in [5, 5.41) is 26.3. The molecule has 14 nitrogen and oxygen atoms in total. The normalized spacial score (nSPS) is 13.9. The average molecular weight is 684 g/mol. The van der Waals surface area contributed by atoms with Crippen molar-refractivity contribution in [3.63, 3.8) is 0 Å². The topological polar surface area (TPSA) is 185 Å². The molecule has 4 N–H and O–H groups in total. The summed E-state index contributed by atoms with van der Waals surface area (Å²) in [5.74, 6) is -2.14. The van der Waals surface area contributed by atoms with Crippen LogP contribution in [-0.4, -0.2) is 58.6 Å². The number of benzene rings is 3. The minimum Gasteiger partial charge on any atom is -0.859 e. The van der Waals surface area contributed by atoms with E-state index in [1.807, 2.05) is 0 Å². The van der Waals surface area contributed by atoms with Crippen molar-refractivity contribution < 1.29 is 29.3 Å². The number of aromatic hydroxyl groups is 1. The predicted molar refractivity (Wildman–Crippen MR) is 182 cm³/mol. The molecule has 0 radical (unpaired) electrons. The molecule has 2 aromatic heterocycles. The second kappa shape index (κ2) is 14.2. The quantitative estimate of drug-likeness (QED) is 0.166. The Morgan fingerprint density at radius 3 is 1.94 bits per heavy atom. The zero-order chi connectivity index (χ0) is 35.5. The van der Waals surface area contributed by atoms with Gasteiger partial charge in [0.2, 0.25) is 5.88 Å². The third-order valence-electron chi connectivity index (χ3n) is 9.06. The fraction of sp³-hybridized carbons (Fsp3) is 0.278. The van der Waals surface area contributed by atoms with Gasteiger partial charge in [-0.25, -0.2) is 14.2 Å². The molecule has 260 valence electrons. The van der Waals surface area contributed by atoms with Crippen LogP contribution in [0.5, 0.6) is 29.0 Å². The lowest BCUT2D eigenvalue weighted by molar-refractivity contribution is -0.918. The largest absolute Gasteiger partial charge is 0.859 e. The summed E-state index contributed by atoms with van der Waals surface area (Å²) in [4.78, 5) is 59.9. The second-order valence-electron chi connectivity index (χ2n) is 12.0. The first kappa shape index (κ1) is 33.9. The predicted octanol–water partition coefficient (Wildman–Crippen LogP) is 0.919. The van der Waals surface area contributed by atoms with Crippen molar-refractivity contribution >= 4 is 0 Å². The Balaban J connectivity index is 1.66. The van der Waals surface area contributed by atoms with E-state index in [9.17, 15) is 29.4 Å². The Bertz CT molecular complexity index is 2160. The minimum atomic E-state index is -1.56. The molecule has 50 heavy (non-hydrogen) atoms. The van der Waals surface area contributed by atoms with Crippen LogP contribution in [0.2, 0.25) is 0 Å². The van der Waals surface area contributed by atoms with Gasteiger partial charge in [-0.1, -0.05) is 18.2 Å². The van der Waals surface area contributed by atoms with Gasteiger partial charge in [-0.15, -0.1) is 0 Å². The molecule has 0 saturated carbocycles. The number of aromatic amines is 2. The zero-order valence-electron chi connectivity index (χ0n) is 27.8. The number of quaternary nitrogens is 1. The molecule has 0 aliphatic carbocycles. The number of hydrogen-bond acceptors (Lipinski definition) is 9. The summed E-state index contributed by atoms with van der Waals surface area (Å²) >= 11 is 0. The highest BCUT2D eigenvalue weighted by atomic mass is 16.5. The molecular weight excluding hydrogens is 646 g/mol. The van der Waals surface area contributed by atoms with Gasteiger partial charge in [-0.3, -0.25) is 24.1 Å². The maximum atomic E-state index is 14.4. The first-order valence-corrected chi connectivity index (χ1v) is 16.1. The SMILES string of the molecule is COc1cccc(-n2c([O-])c(C(c3ccc(OC)c(C[NH+]4CCCCC4)c3)c3c(O)n(-c4cccc(OC)c4)c(=O)[nH]c3=O)c(=O)[nH]c2=O)c1. The summed E-state index contributed by atoms with van der Waals surface area (Å²) in [6.07, 6.45) is 3.28. The molecule has 14 heteroatoms. The van der Waals surface area contributed by atoms with Crippen LogP contribution in [0.3, 0.4) is 0 Å². The summed E-state index contributed by atoms with van der Waals surface area (Å²) in [6, 6.07) is 17.3. The van der Waals surface area contributed by atoms with E-state index in [1.54, 1.807) is 42.5 Å². The van der Waals surface area contributed by atoms with E-state index in [0.29, 0.717) is 23.8 Å². The zero-order valence-corrected chi connectivity index (χ0v) is 27.8. The fourth-order valence-corrected chi connectivity index (χ4v) is 6.65. The van der Waals surface area contributed by atoms with Crippen LogP contribution >= 0.6 is 0 Å². The third-order valence-corrected chi connectivity index (χ3v) is 9.06. The van der Waals surface area contributed by atoms with Crippen molar-refractivity contribution in [1.29, 1.82) is 0 Å². The van der Waals surface area contributed by atoms with Crippen LogP contribution in [0.25, 0.3) is 11.4 Å². The molecule has 1 fully saturated rings. The van der Waals surface area contributed by atoms with Crippen molar-refractivity contribution in [2.24, 2.45) is 0 Å². The van der Waals surface area contributed by atoms with E-state index in [1.165, 1.54) is 50.5 Å². The number of methoxy groups -OCH3 is 3. The summed E-state index contributed by atoms with van der Waals surface area (Å²) in [7, 11) is 4.39. The van der Waals surface area contributed by atoms with Crippen LogP contribution in [0.4, 0.5) is 0 Å². The number of likely N-dealkylation sites (tertiary alicyclic amines) is 1. The number of piperidine rings is 1. The van der Waals surface area contributed by atoms with E-state index < -0.39 is 51.3 Å². The number of H-pyrrole nitrogens is 2. The number of ether oxygens (including phenoxy) is 3. The molecule has 1 unspecified atom stereocenters.